The summed E-state index contributed by atoms with van der Waals surface area (Å²) in [4.78, 5) is 2.20. The molecule has 15 heavy (non-hydrogen) atoms. The van der Waals surface area contributed by atoms with Crippen LogP contribution in [0.15, 0.2) is 22.7 Å². The van der Waals surface area contributed by atoms with Crippen molar-refractivity contribution in [3.8, 4) is 0 Å². The lowest BCUT2D eigenvalue weighted by atomic mass is 10.2. The fourth-order valence-corrected chi connectivity index (χ4v) is 1.70. The molecule has 0 atom stereocenters. The molecule has 0 fully saturated rings. The van der Waals surface area contributed by atoms with Crippen LogP contribution < -0.4 is 5.73 Å². The number of nitrogen functional groups attached to an aromatic ring is 1. The summed E-state index contributed by atoms with van der Waals surface area (Å²) >= 11 is 3.51. The lowest BCUT2D eigenvalue weighted by Gasteiger charge is -2.17. The van der Waals surface area contributed by atoms with Crippen molar-refractivity contribution in [3.63, 3.8) is 0 Å². The minimum Gasteiger partial charge on any atom is -0.399 e. The standard InChI is InChI=1S/C11H17BrN2O/c1-14(5-6-15-2)8-9-7-10(13)3-4-11(9)12/h3-4,7H,5-6,8,13H2,1-2H3. The number of hydrogen-bond donors (Lipinski definition) is 1. The van der Waals surface area contributed by atoms with Gasteiger partial charge in [0.2, 0.25) is 0 Å². The average Bonchev–Trinajstić information content (AvgIpc) is 2.20. The Morgan fingerprint density at radius 1 is 1.47 bits per heavy atom. The Morgan fingerprint density at radius 2 is 2.20 bits per heavy atom. The van der Waals surface area contributed by atoms with Crippen LogP contribution in [0.4, 0.5) is 5.69 Å². The van der Waals surface area contributed by atoms with E-state index in [1.165, 1.54) is 5.56 Å². The molecule has 0 aliphatic rings. The van der Waals surface area contributed by atoms with Gasteiger partial charge in [-0.3, -0.25) is 4.90 Å². The van der Waals surface area contributed by atoms with E-state index in [0.29, 0.717) is 0 Å². The number of likely N-dealkylation sites (N-methyl/N-ethyl adjacent to an activating group) is 1. The molecule has 0 aliphatic carbocycles. The van der Waals surface area contributed by atoms with E-state index in [2.05, 4.69) is 27.9 Å². The van der Waals surface area contributed by atoms with Crippen LogP contribution in [0, 0.1) is 0 Å². The number of halogens is 1. The molecule has 0 heterocycles. The van der Waals surface area contributed by atoms with Crippen LogP contribution in [0.3, 0.4) is 0 Å². The second-order valence-electron chi connectivity index (χ2n) is 3.58. The van der Waals surface area contributed by atoms with Gasteiger partial charge in [0.05, 0.1) is 6.61 Å². The van der Waals surface area contributed by atoms with Crippen molar-refractivity contribution >= 4 is 21.6 Å². The fraction of sp³-hybridized carbons (Fsp3) is 0.455. The van der Waals surface area contributed by atoms with Crippen LogP contribution in [0.5, 0.6) is 0 Å². The first-order chi connectivity index (χ1) is 7.13. The summed E-state index contributed by atoms with van der Waals surface area (Å²) in [6, 6.07) is 5.87. The Kier molecular flexibility index (Phi) is 5.08. The number of rotatable bonds is 5. The van der Waals surface area contributed by atoms with E-state index in [0.717, 1.165) is 29.9 Å². The number of nitrogens with two attached hydrogens (primary N) is 1. The third kappa shape index (κ3) is 4.20. The molecule has 0 saturated heterocycles. The first-order valence-electron chi connectivity index (χ1n) is 4.85. The van der Waals surface area contributed by atoms with Crippen molar-refractivity contribution in [3.05, 3.63) is 28.2 Å². The number of hydrogen-bond acceptors (Lipinski definition) is 3. The van der Waals surface area contributed by atoms with Crippen LogP contribution in [-0.2, 0) is 11.3 Å². The third-order valence-electron chi connectivity index (χ3n) is 2.19. The first-order valence-corrected chi connectivity index (χ1v) is 5.64. The Hall–Kier alpha value is -0.580. The van der Waals surface area contributed by atoms with Gasteiger partial charge in [-0.05, 0) is 30.8 Å². The van der Waals surface area contributed by atoms with Crippen LogP contribution in [-0.4, -0.2) is 32.2 Å². The summed E-state index contributed by atoms with van der Waals surface area (Å²) in [6.07, 6.45) is 0. The molecule has 1 aromatic carbocycles. The summed E-state index contributed by atoms with van der Waals surface area (Å²) in [6.45, 7) is 2.53. The van der Waals surface area contributed by atoms with Gasteiger partial charge >= 0.3 is 0 Å². The zero-order chi connectivity index (χ0) is 11.3. The molecule has 84 valence electrons. The summed E-state index contributed by atoms with van der Waals surface area (Å²) in [5.41, 5.74) is 7.74. The van der Waals surface area contributed by atoms with Gasteiger partial charge in [-0.25, -0.2) is 0 Å². The average molecular weight is 273 g/mol. The zero-order valence-electron chi connectivity index (χ0n) is 9.16. The van der Waals surface area contributed by atoms with Gasteiger partial charge in [-0.1, -0.05) is 15.9 Å². The highest BCUT2D eigenvalue weighted by Gasteiger charge is 2.04. The van der Waals surface area contributed by atoms with E-state index in [1.54, 1.807) is 7.11 Å². The number of nitrogens with zero attached hydrogens (tertiary/aromatic N) is 1. The number of methoxy groups -OCH3 is 1. The van der Waals surface area contributed by atoms with Crippen molar-refractivity contribution in [2.45, 2.75) is 6.54 Å². The lowest BCUT2D eigenvalue weighted by Crippen LogP contribution is -2.22. The normalized spacial score (nSPS) is 10.9. The molecule has 0 saturated carbocycles. The molecule has 1 rings (SSSR count). The minimum atomic E-state index is 0.746. The van der Waals surface area contributed by atoms with Crippen molar-refractivity contribution in [2.24, 2.45) is 0 Å². The number of ether oxygens (including phenoxy) is 1. The third-order valence-corrected chi connectivity index (χ3v) is 2.96. The van der Waals surface area contributed by atoms with Crippen molar-refractivity contribution in [1.82, 2.24) is 4.90 Å². The van der Waals surface area contributed by atoms with Crippen LogP contribution in [0.2, 0.25) is 0 Å². The van der Waals surface area contributed by atoms with Gasteiger partial charge in [-0.2, -0.15) is 0 Å². The zero-order valence-corrected chi connectivity index (χ0v) is 10.8. The van der Waals surface area contributed by atoms with Gasteiger partial charge in [0.1, 0.15) is 0 Å². The van der Waals surface area contributed by atoms with Crippen molar-refractivity contribution in [1.29, 1.82) is 0 Å². The highest BCUT2D eigenvalue weighted by Crippen LogP contribution is 2.20. The van der Waals surface area contributed by atoms with E-state index in [4.69, 9.17) is 10.5 Å². The van der Waals surface area contributed by atoms with Crippen LogP contribution >= 0.6 is 15.9 Å². The molecule has 4 heteroatoms. The molecule has 0 aliphatic heterocycles. The van der Waals surface area contributed by atoms with E-state index in [-0.39, 0.29) is 0 Å². The summed E-state index contributed by atoms with van der Waals surface area (Å²) in [7, 11) is 3.78. The molecule has 0 spiro atoms. The maximum atomic E-state index is 5.74. The maximum absolute atomic E-state index is 5.74. The predicted molar refractivity (Wildman–Crippen MR) is 66.8 cm³/mol. The number of benzene rings is 1. The van der Waals surface area contributed by atoms with Gasteiger partial charge in [0.25, 0.3) is 0 Å². The quantitative estimate of drug-likeness (QED) is 0.835. The molecule has 0 unspecified atom stereocenters. The van der Waals surface area contributed by atoms with E-state index < -0.39 is 0 Å². The smallest absolute Gasteiger partial charge is 0.0589 e. The van der Waals surface area contributed by atoms with Gasteiger partial charge in [0.15, 0.2) is 0 Å². The van der Waals surface area contributed by atoms with Crippen molar-refractivity contribution in [2.75, 3.05) is 33.0 Å². The molecule has 0 amide bonds. The highest BCUT2D eigenvalue weighted by molar-refractivity contribution is 9.10. The van der Waals surface area contributed by atoms with Gasteiger partial charge < -0.3 is 10.5 Å². The van der Waals surface area contributed by atoms with E-state index >= 15 is 0 Å². The Bertz CT molecular complexity index is 317. The molecule has 0 radical (unpaired) electrons. The van der Waals surface area contributed by atoms with Crippen molar-refractivity contribution < 1.29 is 4.74 Å². The van der Waals surface area contributed by atoms with Crippen LogP contribution in [0.1, 0.15) is 5.56 Å². The Balaban J connectivity index is 2.59. The molecular weight excluding hydrogens is 256 g/mol. The molecule has 2 N–H and O–H groups in total. The monoisotopic (exact) mass is 272 g/mol. The number of anilines is 1. The second-order valence-corrected chi connectivity index (χ2v) is 4.44. The van der Waals surface area contributed by atoms with Crippen LogP contribution in [0.25, 0.3) is 0 Å². The Morgan fingerprint density at radius 3 is 2.87 bits per heavy atom. The summed E-state index contributed by atoms with van der Waals surface area (Å²) < 4.78 is 6.12. The second kappa shape index (κ2) is 6.10. The highest BCUT2D eigenvalue weighted by atomic mass is 79.9. The molecule has 0 bridgehead atoms. The Labute approximate surface area is 99.3 Å². The SMILES string of the molecule is COCCN(C)Cc1cc(N)ccc1Br. The maximum Gasteiger partial charge on any atom is 0.0589 e. The predicted octanol–water partition coefficient (Wildman–Crippen LogP) is 2.11. The first kappa shape index (κ1) is 12.5. The molecule has 1 aromatic rings. The van der Waals surface area contributed by atoms with E-state index in [1.807, 2.05) is 18.2 Å². The molecular formula is C11H17BrN2O. The van der Waals surface area contributed by atoms with Gasteiger partial charge in [-0.15, -0.1) is 0 Å². The summed E-state index contributed by atoms with van der Waals surface area (Å²) in [5, 5.41) is 0. The van der Waals surface area contributed by atoms with E-state index in [9.17, 15) is 0 Å². The topological polar surface area (TPSA) is 38.5 Å². The molecule has 3 nitrogen and oxygen atoms in total. The largest absolute Gasteiger partial charge is 0.399 e. The fourth-order valence-electron chi connectivity index (χ4n) is 1.33. The summed E-state index contributed by atoms with van der Waals surface area (Å²) in [5.74, 6) is 0. The minimum absolute atomic E-state index is 0.746. The molecule has 0 aromatic heterocycles. The lowest BCUT2D eigenvalue weighted by molar-refractivity contribution is 0.158. The van der Waals surface area contributed by atoms with Gasteiger partial charge in [0, 0.05) is 30.4 Å².